The average Bonchev–Trinajstić information content (AvgIpc) is 2.73. The Balaban J connectivity index is 1.82. The number of hydrogen-bond donors (Lipinski definition) is 1. The summed E-state index contributed by atoms with van der Waals surface area (Å²) in [4.78, 5) is 12.8. The zero-order valence-electron chi connectivity index (χ0n) is 17.4. The van der Waals surface area contributed by atoms with Crippen LogP contribution in [0.15, 0.2) is 47.4 Å². The number of nitrogens with one attached hydrogen (secondary N) is 1. The molecule has 0 saturated carbocycles. The number of carbonyl (C=O) groups excluding carboxylic acids is 1. The van der Waals surface area contributed by atoms with Crippen LogP contribution in [-0.2, 0) is 14.8 Å². The molecule has 30 heavy (non-hydrogen) atoms. The molecule has 1 amide bonds. The minimum Gasteiger partial charge on any atom is -0.493 e. The first kappa shape index (κ1) is 22.1. The lowest BCUT2D eigenvalue weighted by molar-refractivity contribution is -0.0440. The van der Waals surface area contributed by atoms with E-state index in [0.717, 1.165) is 0 Å². The Morgan fingerprint density at radius 1 is 1.03 bits per heavy atom. The van der Waals surface area contributed by atoms with Crippen molar-refractivity contribution in [2.75, 3.05) is 32.6 Å². The summed E-state index contributed by atoms with van der Waals surface area (Å²) in [5.41, 5.74) is 0.738. The average molecular weight is 435 g/mol. The van der Waals surface area contributed by atoms with E-state index in [-0.39, 0.29) is 35.8 Å². The highest BCUT2D eigenvalue weighted by Gasteiger charge is 2.32. The van der Waals surface area contributed by atoms with Gasteiger partial charge in [0.25, 0.3) is 5.91 Å². The molecule has 1 fully saturated rings. The second-order valence-corrected chi connectivity index (χ2v) is 9.07. The van der Waals surface area contributed by atoms with Crippen LogP contribution in [-0.4, -0.2) is 58.1 Å². The molecule has 0 bridgehead atoms. The van der Waals surface area contributed by atoms with E-state index in [1.165, 1.54) is 30.7 Å². The molecule has 1 saturated heterocycles. The fraction of sp³-hybridized carbons (Fsp3) is 0.381. The summed E-state index contributed by atoms with van der Waals surface area (Å²) in [6.07, 6.45) is -0.389. The lowest BCUT2D eigenvalue weighted by Crippen LogP contribution is -2.48. The van der Waals surface area contributed by atoms with Crippen LogP contribution >= 0.6 is 0 Å². The number of nitrogens with zero attached hydrogens (tertiary/aromatic N) is 1. The van der Waals surface area contributed by atoms with Gasteiger partial charge in [-0.1, -0.05) is 6.07 Å². The summed E-state index contributed by atoms with van der Waals surface area (Å²) in [5, 5.41) is 2.75. The fourth-order valence-electron chi connectivity index (χ4n) is 3.39. The summed E-state index contributed by atoms with van der Waals surface area (Å²) in [5.74, 6) is 0.586. The van der Waals surface area contributed by atoms with E-state index in [1.54, 1.807) is 30.3 Å². The predicted octanol–water partition coefficient (Wildman–Crippen LogP) is 2.75. The molecule has 2 aromatic rings. The first-order valence-electron chi connectivity index (χ1n) is 9.53. The van der Waals surface area contributed by atoms with Crippen LogP contribution in [0.5, 0.6) is 11.5 Å². The SMILES string of the molecule is COc1ccc(NC(=O)c2cccc(S(=O)(=O)N3C[C@H](C)O[C@@H](C)C3)c2)cc1OC. The van der Waals surface area contributed by atoms with Gasteiger partial charge in [-0.25, -0.2) is 8.42 Å². The number of morpholine rings is 1. The van der Waals surface area contributed by atoms with Crippen molar-refractivity contribution >= 4 is 21.6 Å². The monoisotopic (exact) mass is 434 g/mol. The summed E-state index contributed by atoms with van der Waals surface area (Å²) >= 11 is 0. The van der Waals surface area contributed by atoms with Crippen molar-refractivity contribution in [2.45, 2.75) is 31.0 Å². The minimum absolute atomic E-state index is 0.0729. The van der Waals surface area contributed by atoms with E-state index in [1.807, 2.05) is 13.8 Å². The van der Waals surface area contributed by atoms with E-state index in [2.05, 4.69) is 5.32 Å². The van der Waals surface area contributed by atoms with Crippen LogP contribution < -0.4 is 14.8 Å². The van der Waals surface area contributed by atoms with Crippen molar-refractivity contribution in [1.82, 2.24) is 4.31 Å². The van der Waals surface area contributed by atoms with Gasteiger partial charge in [0.15, 0.2) is 11.5 Å². The first-order chi connectivity index (χ1) is 14.2. The zero-order valence-corrected chi connectivity index (χ0v) is 18.2. The predicted molar refractivity (Wildman–Crippen MR) is 113 cm³/mol. The van der Waals surface area contributed by atoms with Gasteiger partial charge in [0.2, 0.25) is 10.0 Å². The Bertz CT molecular complexity index is 1010. The molecule has 2 atom stereocenters. The standard InChI is InChI=1S/C21H26N2O6S/c1-14-12-23(13-15(2)29-14)30(25,26)18-7-5-6-16(10-18)21(24)22-17-8-9-19(27-3)20(11-17)28-4/h5-11,14-15H,12-13H2,1-4H3,(H,22,24)/t14-,15-/m0/s1. The quantitative estimate of drug-likeness (QED) is 0.751. The Kier molecular flexibility index (Phi) is 6.64. The molecule has 2 aromatic carbocycles. The number of ether oxygens (including phenoxy) is 3. The lowest BCUT2D eigenvalue weighted by atomic mass is 10.2. The van der Waals surface area contributed by atoms with Crippen molar-refractivity contribution < 1.29 is 27.4 Å². The molecular formula is C21H26N2O6S. The van der Waals surface area contributed by atoms with Gasteiger partial charge in [-0.3, -0.25) is 4.79 Å². The van der Waals surface area contributed by atoms with E-state index in [4.69, 9.17) is 14.2 Å². The van der Waals surface area contributed by atoms with Gasteiger partial charge in [-0.15, -0.1) is 0 Å². The van der Waals surface area contributed by atoms with Gasteiger partial charge in [0, 0.05) is 30.4 Å². The molecular weight excluding hydrogens is 408 g/mol. The number of methoxy groups -OCH3 is 2. The third-order valence-corrected chi connectivity index (χ3v) is 6.59. The van der Waals surface area contributed by atoms with Crippen molar-refractivity contribution in [3.63, 3.8) is 0 Å². The zero-order chi connectivity index (χ0) is 21.9. The van der Waals surface area contributed by atoms with Gasteiger partial charge in [0.05, 0.1) is 31.3 Å². The van der Waals surface area contributed by atoms with Crippen molar-refractivity contribution in [2.24, 2.45) is 0 Å². The molecule has 1 aliphatic heterocycles. The fourth-order valence-corrected chi connectivity index (χ4v) is 5.03. The van der Waals surface area contributed by atoms with E-state index < -0.39 is 15.9 Å². The topological polar surface area (TPSA) is 94.2 Å². The summed E-state index contributed by atoms with van der Waals surface area (Å²) in [7, 11) is -0.709. The number of anilines is 1. The molecule has 8 nitrogen and oxygen atoms in total. The summed E-state index contributed by atoms with van der Waals surface area (Å²) in [6.45, 7) is 4.22. The van der Waals surface area contributed by atoms with Crippen LogP contribution in [0, 0.1) is 0 Å². The highest BCUT2D eigenvalue weighted by molar-refractivity contribution is 7.89. The molecule has 1 aliphatic rings. The third-order valence-electron chi connectivity index (χ3n) is 4.76. The molecule has 0 radical (unpaired) electrons. The van der Waals surface area contributed by atoms with E-state index >= 15 is 0 Å². The van der Waals surface area contributed by atoms with Crippen molar-refractivity contribution in [3.05, 3.63) is 48.0 Å². The Hall–Kier alpha value is -2.62. The molecule has 0 aromatic heterocycles. The smallest absolute Gasteiger partial charge is 0.255 e. The normalized spacial score (nSPS) is 19.9. The van der Waals surface area contributed by atoms with Crippen molar-refractivity contribution in [3.8, 4) is 11.5 Å². The molecule has 0 aliphatic carbocycles. The Morgan fingerprint density at radius 2 is 1.70 bits per heavy atom. The summed E-state index contributed by atoms with van der Waals surface area (Å²) in [6, 6.07) is 11.0. The number of benzene rings is 2. The Labute approximate surface area is 176 Å². The maximum Gasteiger partial charge on any atom is 0.255 e. The first-order valence-corrected chi connectivity index (χ1v) is 11.0. The van der Waals surface area contributed by atoms with E-state index in [0.29, 0.717) is 17.2 Å². The van der Waals surface area contributed by atoms with Gasteiger partial charge in [-0.2, -0.15) is 4.31 Å². The van der Waals surface area contributed by atoms with Gasteiger partial charge >= 0.3 is 0 Å². The highest BCUT2D eigenvalue weighted by Crippen LogP contribution is 2.30. The maximum atomic E-state index is 13.1. The highest BCUT2D eigenvalue weighted by atomic mass is 32.2. The molecule has 1 heterocycles. The van der Waals surface area contributed by atoms with E-state index in [9.17, 15) is 13.2 Å². The van der Waals surface area contributed by atoms with Crippen LogP contribution in [0.25, 0.3) is 0 Å². The van der Waals surface area contributed by atoms with Gasteiger partial charge < -0.3 is 19.5 Å². The molecule has 0 unspecified atom stereocenters. The molecule has 0 spiro atoms. The van der Waals surface area contributed by atoms with Gasteiger partial charge in [-0.05, 0) is 44.2 Å². The lowest BCUT2D eigenvalue weighted by Gasteiger charge is -2.34. The second kappa shape index (κ2) is 9.03. The summed E-state index contributed by atoms with van der Waals surface area (Å²) < 4.78 is 43.6. The number of carbonyl (C=O) groups is 1. The molecule has 9 heteroatoms. The van der Waals surface area contributed by atoms with Crippen LogP contribution in [0.1, 0.15) is 24.2 Å². The number of amides is 1. The number of hydrogen-bond acceptors (Lipinski definition) is 6. The molecule has 1 N–H and O–H groups in total. The second-order valence-electron chi connectivity index (χ2n) is 7.13. The van der Waals surface area contributed by atoms with Crippen LogP contribution in [0.3, 0.4) is 0 Å². The van der Waals surface area contributed by atoms with Gasteiger partial charge in [0.1, 0.15) is 0 Å². The van der Waals surface area contributed by atoms with Crippen LogP contribution in [0.2, 0.25) is 0 Å². The number of sulfonamides is 1. The van der Waals surface area contributed by atoms with Crippen LogP contribution in [0.4, 0.5) is 5.69 Å². The third kappa shape index (κ3) is 4.75. The molecule has 3 rings (SSSR count). The Morgan fingerprint density at radius 3 is 2.33 bits per heavy atom. The largest absolute Gasteiger partial charge is 0.493 e. The number of rotatable bonds is 6. The molecule has 162 valence electrons. The minimum atomic E-state index is -3.74. The maximum absolute atomic E-state index is 13.1. The van der Waals surface area contributed by atoms with Crippen molar-refractivity contribution in [1.29, 1.82) is 0 Å².